The van der Waals surface area contributed by atoms with Crippen molar-refractivity contribution in [2.45, 2.75) is 51.1 Å². The first kappa shape index (κ1) is 22.9. The summed E-state index contributed by atoms with van der Waals surface area (Å²) >= 11 is 0. The van der Waals surface area contributed by atoms with Gasteiger partial charge in [0.25, 0.3) is 11.5 Å². The molecule has 1 saturated carbocycles. The van der Waals surface area contributed by atoms with Crippen molar-refractivity contribution in [3.05, 3.63) is 57.5 Å². The Hall–Kier alpha value is -2.80. The van der Waals surface area contributed by atoms with Crippen LogP contribution in [0.3, 0.4) is 0 Å². The quantitative estimate of drug-likeness (QED) is 0.664. The number of nitrogens with one attached hydrogen (secondary N) is 1. The summed E-state index contributed by atoms with van der Waals surface area (Å²) in [4.78, 5) is 26.2. The lowest BCUT2D eigenvalue weighted by Gasteiger charge is -2.29. The van der Waals surface area contributed by atoms with E-state index in [4.69, 9.17) is 14.2 Å². The zero-order valence-corrected chi connectivity index (χ0v) is 18.8. The molecule has 0 spiro atoms. The number of carbonyl (C=O) groups excluding carboxylic acids is 1. The monoisotopic (exact) mass is 428 g/mol. The van der Waals surface area contributed by atoms with E-state index in [0.29, 0.717) is 36.6 Å². The van der Waals surface area contributed by atoms with Gasteiger partial charge in [-0.15, -0.1) is 0 Å². The molecule has 7 heteroatoms. The second-order valence-electron chi connectivity index (χ2n) is 8.19. The third-order valence-electron chi connectivity index (χ3n) is 6.05. The largest absolute Gasteiger partial charge is 0.493 e. The van der Waals surface area contributed by atoms with Crippen LogP contribution in [-0.4, -0.2) is 43.9 Å². The van der Waals surface area contributed by atoms with Crippen molar-refractivity contribution >= 4 is 5.91 Å². The highest BCUT2D eigenvalue weighted by molar-refractivity contribution is 5.95. The van der Waals surface area contributed by atoms with E-state index < -0.39 is 0 Å². The number of amides is 1. The van der Waals surface area contributed by atoms with Gasteiger partial charge in [-0.05, 0) is 55.5 Å². The number of methoxy groups -OCH3 is 3. The number of aromatic nitrogens is 1. The number of aryl methyl sites for hydroxylation is 3. The Morgan fingerprint density at radius 1 is 1.10 bits per heavy atom. The van der Waals surface area contributed by atoms with E-state index in [1.165, 1.54) is 0 Å². The van der Waals surface area contributed by atoms with Gasteiger partial charge < -0.3 is 24.1 Å². The zero-order chi connectivity index (χ0) is 22.4. The fourth-order valence-electron chi connectivity index (χ4n) is 4.34. The highest BCUT2D eigenvalue weighted by atomic mass is 16.5. The number of carbonyl (C=O) groups is 1. The number of ether oxygens (including phenoxy) is 3. The maximum Gasteiger partial charge on any atom is 0.263 e. The van der Waals surface area contributed by atoms with Crippen LogP contribution in [0.15, 0.2) is 35.3 Å². The fourth-order valence-corrected chi connectivity index (χ4v) is 4.34. The van der Waals surface area contributed by atoms with E-state index in [1.807, 2.05) is 24.3 Å². The molecule has 0 unspecified atom stereocenters. The fraction of sp³-hybridized carbons (Fsp3) is 0.500. The van der Waals surface area contributed by atoms with E-state index in [9.17, 15) is 9.59 Å². The third-order valence-corrected chi connectivity index (χ3v) is 6.05. The van der Waals surface area contributed by atoms with Gasteiger partial charge in [-0.2, -0.15) is 0 Å². The van der Waals surface area contributed by atoms with E-state index in [1.54, 1.807) is 39.0 Å². The molecule has 0 bridgehead atoms. The van der Waals surface area contributed by atoms with Crippen LogP contribution in [0.1, 0.15) is 47.2 Å². The number of pyridine rings is 1. The average molecular weight is 429 g/mol. The molecule has 1 heterocycles. The predicted molar refractivity (Wildman–Crippen MR) is 119 cm³/mol. The van der Waals surface area contributed by atoms with Gasteiger partial charge in [0.1, 0.15) is 5.56 Å². The second-order valence-corrected chi connectivity index (χ2v) is 8.19. The number of benzene rings is 1. The maximum atomic E-state index is 13.1. The van der Waals surface area contributed by atoms with Crippen LogP contribution < -0.4 is 20.3 Å². The van der Waals surface area contributed by atoms with Gasteiger partial charge in [0.05, 0.1) is 26.4 Å². The summed E-state index contributed by atoms with van der Waals surface area (Å²) in [6, 6.07) is 7.52. The molecule has 0 aliphatic heterocycles. The van der Waals surface area contributed by atoms with Gasteiger partial charge in [-0.25, -0.2) is 0 Å². The maximum absolute atomic E-state index is 13.1. The van der Waals surface area contributed by atoms with Gasteiger partial charge in [-0.1, -0.05) is 18.9 Å². The van der Waals surface area contributed by atoms with Crippen LogP contribution in [0, 0.1) is 6.92 Å². The lowest BCUT2D eigenvalue weighted by molar-refractivity contribution is 0.0764. The number of hydrogen-bond acceptors (Lipinski definition) is 5. The Morgan fingerprint density at radius 2 is 1.81 bits per heavy atom. The summed E-state index contributed by atoms with van der Waals surface area (Å²) in [5.41, 5.74) is 1.24. The topological polar surface area (TPSA) is 78.8 Å². The van der Waals surface area contributed by atoms with Crippen LogP contribution in [0.25, 0.3) is 0 Å². The second kappa shape index (κ2) is 10.0. The zero-order valence-electron chi connectivity index (χ0n) is 18.8. The SMILES string of the molecule is COCC1(NC(=O)c2c(C)ccn(CCc3ccc(OC)c(OC)c3)c2=O)CCCC1. The van der Waals surface area contributed by atoms with Gasteiger partial charge in [0.15, 0.2) is 11.5 Å². The molecule has 1 amide bonds. The molecule has 1 aromatic carbocycles. The molecule has 3 rings (SSSR count). The minimum Gasteiger partial charge on any atom is -0.493 e. The predicted octanol–water partition coefficient (Wildman–Crippen LogP) is 3.11. The van der Waals surface area contributed by atoms with Gasteiger partial charge >= 0.3 is 0 Å². The molecule has 2 aromatic rings. The summed E-state index contributed by atoms with van der Waals surface area (Å²) in [7, 11) is 4.83. The van der Waals surface area contributed by atoms with E-state index in [-0.39, 0.29) is 22.6 Å². The summed E-state index contributed by atoms with van der Waals surface area (Å²) in [6.45, 7) is 2.71. The lowest BCUT2D eigenvalue weighted by atomic mass is 9.97. The molecule has 1 aromatic heterocycles. The van der Waals surface area contributed by atoms with Gasteiger partial charge in [-0.3, -0.25) is 9.59 Å². The Bertz CT molecular complexity index is 976. The Labute approximate surface area is 183 Å². The molecule has 1 N–H and O–H groups in total. The van der Waals surface area contributed by atoms with Gasteiger partial charge in [0, 0.05) is 19.9 Å². The minimum atomic E-state index is -0.384. The first-order chi connectivity index (χ1) is 14.9. The number of hydrogen-bond donors (Lipinski definition) is 1. The third kappa shape index (κ3) is 5.10. The number of rotatable bonds is 9. The molecule has 7 nitrogen and oxygen atoms in total. The van der Waals surface area contributed by atoms with E-state index >= 15 is 0 Å². The Morgan fingerprint density at radius 3 is 2.45 bits per heavy atom. The average Bonchev–Trinajstić information content (AvgIpc) is 3.21. The van der Waals surface area contributed by atoms with Crippen LogP contribution in [0.4, 0.5) is 0 Å². The van der Waals surface area contributed by atoms with E-state index in [0.717, 1.165) is 31.2 Å². The molecule has 31 heavy (non-hydrogen) atoms. The van der Waals surface area contributed by atoms with Crippen LogP contribution >= 0.6 is 0 Å². The van der Waals surface area contributed by atoms with Crippen molar-refractivity contribution in [3.63, 3.8) is 0 Å². The highest BCUT2D eigenvalue weighted by Gasteiger charge is 2.36. The summed E-state index contributed by atoms with van der Waals surface area (Å²) in [5.74, 6) is 0.993. The van der Waals surface area contributed by atoms with Crippen molar-refractivity contribution in [1.29, 1.82) is 0 Å². The molecule has 1 fully saturated rings. The first-order valence-corrected chi connectivity index (χ1v) is 10.7. The molecule has 168 valence electrons. The highest BCUT2D eigenvalue weighted by Crippen LogP contribution is 2.30. The van der Waals surface area contributed by atoms with Crippen molar-refractivity contribution in [2.75, 3.05) is 27.9 Å². The molecule has 0 atom stereocenters. The number of nitrogens with zero attached hydrogens (tertiary/aromatic N) is 1. The lowest BCUT2D eigenvalue weighted by Crippen LogP contribution is -2.51. The normalized spacial score (nSPS) is 15.0. The van der Waals surface area contributed by atoms with Crippen molar-refractivity contribution in [3.8, 4) is 11.5 Å². The molecule has 1 aliphatic rings. The van der Waals surface area contributed by atoms with Crippen LogP contribution in [0.2, 0.25) is 0 Å². The smallest absolute Gasteiger partial charge is 0.263 e. The molecule has 0 radical (unpaired) electrons. The van der Waals surface area contributed by atoms with Crippen molar-refractivity contribution in [2.24, 2.45) is 0 Å². The van der Waals surface area contributed by atoms with Crippen molar-refractivity contribution < 1.29 is 19.0 Å². The van der Waals surface area contributed by atoms with Crippen LogP contribution in [0.5, 0.6) is 11.5 Å². The molecular weight excluding hydrogens is 396 g/mol. The Balaban J connectivity index is 1.79. The van der Waals surface area contributed by atoms with E-state index in [2.05, 4.69) is 5.32 Å². The summed E-state index contributed by atoms with van der Waals surface area (Å²) in [6.07, 6.45) is 6.20. The standard InChI is InChI=1S/C24H32N2O5/c1-17-9-13-26(14-10-18-7-8-19(30-3)20(15-18)31-4)23(28)21(17)22(27)25-24(16-29-2)11-5-6-12-24/h7-9,13,15H,5-6,10-12,14,16H2,1-4H3,(H,25,27). The van der Waals surface area contributed by atoms with Gasteiger partial charge in [0.2, 0.25) is 0 Å². The summed E-state index contributed by atoms with van der Waals surface area (Å²) in [5, 5.41) is 3.11. The first-order valence-electron chi connectivity index (χ1n) is 10.7. The van der Waals surface area contributed by atoms with Crippen molar-refractivity contribution in [1.82, 2.24) is 9.88 Å². The minimum absolute atomic E-state index is 0.206. The Kier molecular flexibility index (Phi) is 7.38. The molecular formula is C24H32N2O5. The summed E-state index contributed by atoms with van der Waals surface area (Å²) < 4.78 is 17.6. The van der Waals surface area contributed by atoms with Crippen LogP contribution in [-0.2, 0) is 17.7 Å². The molecule has 1 aliphatic carbocycles. The molecule has 0 saturated heterocycles.